The Labute approximate surface area is 74.7 Å². The van der Waals surface area contributed by atoms with Gasteiger partial charge in [0.1, 0.15) is 0 Å². The predicted molar refractivity (Wildman–Crippen MR) is 44.5 cm³/mol. The van der Waals surface area contributed by atoms with Gasteiger partial charge in [0, 0.05) is 16.9 Å². The number of fused-ring (bicyclic) bond motifs is 2. The van der Waals surface area contributed by atoms with E-state index in [2.05, 4.69) is 0 Å². The molecule has 0 aromatic rings. The third-order valence-corrected chi connectivity index (χ3v) is 3.13. The topological polar surface area (TPSA) is 17.1 Å². The summed E-state index contributed by atoms with van der Waals surface area (Å²) in [5.74, 6) is 0.170. The lowest BCUT2D eigenvalue weighted by molar-refractivity contribution is -0.117. The van der Waals surface area contributed by atoms with Crippen molar-refractivity contribution in [1.82, 2.24) is 0 Å². The van der Waals surface area contributed by atoms with E-state index < -0.39 is 0 Å². The zero-order valence-electron chi connectivity index (χ0n) is 5.68. The number of carbonyl (C=O) groups is 1. The number of halogens is 2. The molecule has 2 aliphatic rings. The molecule has 0 aromatic heterocycles. The highest BCUT2D eigenvalue weighted by molar-refractivity contribution is 6.49. The van der Waals surface area contributed by atoms with Crippen LogP contribution >= 0.6 is 23.2 Å². The monoisotopic (exact) mass is 188 g/mol. The summed E-state index contributed by atoms with van der Waals surface area (Å²) in [6.45, 7) is 0. The highest BCUT2D eigenvalue weighted by atomic mass is 35.5. The van der Waals surface area contributed by atoms with E-state index in [-0.39, 0.29) is 22.7 Å². The van der Waals surface area contributed by atoms with E-state index >= 15 is 0 Å². The average Bonchev–Trinajstić information content (AvgIpc) is 2.44. The Bertz CT molecular complexity index is 278. The maximum absolute atomic E-state index is 11.3. The lowest BCUT2D eigenvalue weighted by Crippen LogP contribution is -2.18. The van der Waals surface area contributed by atoms with Crippen LogP contribution in [0.3, 0.4) is 0 Å². The van der Waals surface area contributed by atoms with Gasteiger partial charge in [-0.05, 0) is 6.42 Å². The van der Waals surface area contributed by atoms with Crippen molar-refractivity contribution >= 4 is 29.0 Å². The smallest absolute Gasteiger partial charge is 0.182 e. The van der Waals surface area contributed by atoms with Crippen molar-refractivity contribution in [3.63, 3.8) is 0 Å². The Morgan fingerprint density at radius 2 is 1.91 bits per heavy atom. The van der Waals surface area contributed by atoms with E-state index in [0.29, 0.717) is 5.03 Å². The van der Waals surface area contributed by atoms with Gasteiger partial charge in [-0.15, -0.1) is 0 Å². The molecule has 0 spiro atoms. The van der Waals surface area contributed by atoms with Gasteiger partial charge in [-0.2, -0.15) is 0 Å². The molecular formula is C8H6Cl2O. The molecule has 2 bridgehead atoms. The fourth-order valence-corrected chi connectivity index (χ4v) is 2.06. The van der Waals surface area contributed by atoms with E-state index in [4.69, 9.17) is 23.2 Å². The van der Waals surface area contributed by atoms with Crippen LogP contribution in [0.25, 0.3) is 0 Å². The largest absolute Gasteiger partial charge is 0.292 e. The van der Waals surface area contributed by atoms with Crippen molar-refractivity contribution in [2.24, 2.45) is 11.8 Å². The highest BCUT2D eigenvalue weighted by Crippen LogP contribution is 2.41. The first kappa shape index (κ1) is 7.38. The van der Waals surface area contributed by atoms with Crippen molar-refractivity contribution in [2.45, 2.75) is 6.42 Å². The second kappa shape index (κ2) is 2.36. The number of allylic oxidation sites excluding steroid dienone is 4. The molecule has 2 atom stereocenters. The van der Waals surface area contributed by atoms with Crippen LogP contribution in [-0.2, 0) is 4.79 Å². The van der Waals surface area contributed by atoms with Gasteiger partial charge in [-0.1, -0.05) is 35.4 Å². The molecule has 0 heterocycles. The predicted octanol–water partition coefficient (Wildman–Crippen LogP) is 2.45. The minimum atomic E-state index is -0.0262. The molecule has 2 unspecified atom stereocenters. The van der Waals surface area contributed by atoms with Gasteiger partial charge in [0.2, 0.25) is 0 Å². The van der Waals surface area contributed by atoms with Gasteiger partial charge < -0.3 is 0 Å². The first-order chi connectivity index (χ1) is 5.20. The maximum Gasteiger partial charge on any atom is 0.182 e. The zero-order chi connectivity index (χ0) is 8.01. The number of hydrogen-bond donors (Lipinski definition) is 0. The second-order valence-electron chi connectivity index (χ2n) is 2.86. The van der Waals surface area contributed by atoms with Crippen LogP contribution in [0, 0.1) is 11.8 Å². The third-order valence-electron chi connectivity index (χ3n) is 2.17. The SMILES string of the molecule is O=C1C(Cl)=C(Cl)C2C=CC1C2. The van der Waals surface area contributed by atoms with Crippen LogP contribution in [0.2, 0.25) is 0 Å². The zero-order valence-corrected chi connectivity index (χ0v) is 7.19. The Kier molecular flexibility index (Phi) is 1.58. The van der Waals surface area contributed by atoms with Crippen LogP contribution < -0.4 is 0 Å². The van der Waals surface area contributed by atoms with Crippen LogP contribution in [0.4, 0.5) is 0 Å². The average molecular weight is 189 g/mol. The molecule has 0 fully saturated rings. The molecule has 1 nitrogen and oxygen atoms in total. The van der Waals surface area contributed by atoms with E-state index in [1.165, 1.54) is 0 Å². The summed E-state index contributed by atoms with van der Waals surface area (Å²) in [6.07, 6.45) is 4.67. The molecule has 0 saturated heterocycles. The first-order valence-corrected chi connectivity index (χ1v) is 4.23. The van der Waals surface area contributed by atoms with Crippen LogP contribution in [-0.4, -0.2) is 5.78 Å². The highest BCUT2D eigenvalue weighted by Gasteiger charge is 2.35. The molecule has 0 radical (unpaired) electrons. The van der Waals surface area contributed by atoms with Gasteiger partial charge in [0.25, 0.3) is 0 Å². The molecule has 3 heteroatoms. The molecule has 11 heavy (non-hydrogen) atoms. The number of Topliss-reactive ketones (excluding diaryl/α,β-unsaturated/α-hetero) is 1. The molecule has 2 aliphatic carbocycles. The Morgan fingerprint density at radius 3 is 2.64 bits per heavy atom. The standard InChI is InChI=1S/C8H6Cl2O/c9-6-4-1-2-5(3-4)8(11)7(6)10/h1-2,4-5H,3H2. The summed E-state index contributed by atoms with van der Waals surface area (Å²) in [6, 6.07) is 0. The summed E-state index contributed by atoms with van der Waals surface area (Å²) < 4.78 is 0. The summed E-state index contributed by atoms with van der Waals surface area (Å²) in [7, 11) is 0. The fourth-order valence-electron chi connectivity index (χ4n) is 1.52. The summed E-state index contributed by atoms with van der Waals surface area (Å²) in [4.78, 5) is 11.3. The van der Waals surface area contributed by atoms with E-state index in [9.17, 15) is 4.79 Å². The number of rotatable bonds is 0. The summed E-state index contributed by atoms with van der Waals surface area (Å²) in [5.41, 5.74) is 0. The molecule has 2 rings (SSSR count). The lowest BCUT2D eigenvalue weighted by atomic mass is 9.93. The maximum atomic E-state index is 11.3. The van der Waals surface area contributed by atoms with Gasteiger partial charge in [0.15, 0.2) is 5.78 Å². The van der Waals surface area contributed by atoms with Gasteiger partial charge >= 0.3 is 0 Å². The van der Waals surface area contributed by atoms with Crippen molar-refractivity contribution in [3.05, 3.63) is 22.2 Å². The lowest BCUT2D eigenvalue weighted by Gasteiger charge is -2.17. The van der Waals surface area contributed by atoms with E-state index in [1.54, 1.807) is 0 Å². The van der Waals surface area contributed by atoms with Crippen LogP contribution in [0.15, 0.2) is 22.2 Å². The van der Waals surface area contributed by atoms with E-state index in [1.807, 2.05) is 12.2 Å². The fraction of sp³-hybridized carbons (Fsp3) is 0.375. The molecule has 0 N–H and O–H groups in total. The minimum absolute atomic E-state index is 0.00463. The quantitative estimate of drug-likeness (QED) is 0.535. The van der Waals surface area contributed by atoms with Crippen LogP contribution in [0.1, 0.15) is 6.42 Å². The second-order valence-corrected chi connectivity index (χ2v) is 3.64. The third kappa shape index (κ3) is 0.951. The number of ketones is 1. The summed E-state index contributed by atoms with van der Waals surface area (Å²) >= 11 is 11.5. The van der Waals surface area contributed by atoms with Crippen molar-refractivity contribution in [2.75, 3.05) is 0 Å². The number of hydrogen-bond acceptors (Lipinski definition) is 1. The Hall–Kier alpha value is -0.270. The summed E-state index contributed by atoms with van der Waals surface area (Å²) in [5, 5.41) is 0.750. The minimum Gasteiger partial charge on any atom is -0.292 e. The normalized spacial score (nSPS) is 35.3. The van der Waals surface area contributed by atoms with Gasteiger partial charge in [-0.3, -0.25) is 4.79 Å². The Morgan fingerprint density at radius 1 is 1.27 bits per heavy atom. The number of carbonyl (C=O) groups excluding carboxylic acids is 1. The van der Waals surface area contributed by atoms with E-state index in [0.717, 1.165) is 6.42 Å². The Balaban J connectivity index is 2.49. The van der Waals surface area contributed by atoms with Gasteiger partial charge in [-0.25, -0.2) is 0 Å². The molecule has 0 amide bonds. The first-order valence-electron chi connectivity index (χ1n) is 3.48. The molecule has 0 aliphatic heterocycles. The van der Waals surface area contributed by atoms with Gasteiger partial charge in [0.05, 0.1) is 5.03 Å². The van der Waals surface area contributed by atoms with Crippen molar-refractivity contribution in [3.8, 4) is 0 Å². The van der Waals surface area contributed by atoms with Crippen molar-refractivity contribution < 1.29 is 4.79 Å². The van der Waals surface area contributed by atoms with Crippen molar-refractivity contribution in [1.29, 1.82) is 0 Å². The molecule has 58 valence electrons. The van der Waals surface area contributed by atoms with Crippen LogP contribution in [0.5, 0.6) is 0 Å². The molecule has 0 saturated carbocycles. The molecule has 0 aromatic carbocycles. The molecular weight excluding hydrogens is 183 g/mol.